The highest BCUT2D eigenvalue weighted by atomic mass is 35.5. The number of nitrogens with one attached hydrogen (secondary N) is 1. The summed E-state index contributed by atoms with van der Waals surface area (Å²) in [4.78, 5) is -1.22. The van der Waals surface area contributed by atoms with Crippen LogP contribution in [-0.2, 0) is 28.7 Å². The molecule has 0 atom stereocenters. The molecule has 1 N–H and O–H groups in total. The number of hydrogen-bond acceptors (Lipinski definition) is 4. The number of nitrogens with zero attached hydrogens (tertiary/aromatic N) is 1. The molecule has 0 bridgehead atoms. The number of sulfone groups is 1. The Morgan fingerprint density at radius 1 is 0.968 bits per heavy atom. The maximum absolute atomic E-state index is 12.9. The minimum Gasteiger partial charge on any atom is -0.385 e. The van der Waals surface area contributed by atoms with Crippen LogP contribution in [0.4, 0.5) is 26.3 Å². The minimum absolute atomic E-state index is 0.0330. The van der Waals surface area contributed by atoms with Crippen molar-refractivity contribution in [3.63, 3.8) is 0 Å². The number of hydrogen-bond donors (Lipinski definition) is 1. The van der Waals surface area contributed by atoms with Crippen molar-refractivity contribution in [1.29, 1.82) is 5.26 Å². The Kier molecular flexibility index (Phi) is 7.20. The van der Waals surface area contributed by atoms with Crippen molar-refractivity contribution >= 4 is 33.0 Å². The van der Waals surface area contributed by atoms with Gasteiger partial charge in [0.05, 0.1) is 26.1 Å². The summed E-state index contributed by atoms with van der Waals surface area (Å²) in [6, 6.07) is 5.59. The van der Waals surface area contributed by atoms with Gasteiger partial charge < -0.3 is 5.32 Å². The average Bonchev–Trinajstić information content (AvgIpc) is 2.65. The van der Waals surface area contributed by atoms with Crippen molar-refractivity contribution in [2.24, 2.45) is 0 Å². The van der Waals surface area contributed by atoms with Gasteiger partial charge in [-0.25, -0.2) is 8.42 Å². The van der Waals surface area contributed by atoms with Crippen molar-refractivity contribution < 1.29 is 34.8 Å². The van der Waals surface area contributed by atoms with E-state index in [1.54, 1.807) is 0 Å². The molecule has 0 spiro atoms. The number of nitriles is 1. The molecule has 31 heavy (non-hydrogen) atoms. The van der Waals surface area contributed by atoms with Crippen molar-refractivity contribution in [3.8, 4) is 6.07 Å². The van der Waals surface area contributed by atoms with Gasteiger partial charge in [0.15, 0.2) is 4.91 Å². The molecule has 0 aromatic heterocycles. The van der Waals surface area contributed by atoms with Crippen LogP contribution in [0.25, 0.3) is 0 Å². The zero-order valence-corrected chi connectivity index (χ0v) is 17.3. The van der Waals surface area contributed by atoms with Crippen molar-refractivity contribution in [1.82, 2.24) is 5.32 Å². The molecular weight excluding hydrogens is 493 g/mol. The summed E-state index contributed by atoms with van der Waals surface area (Å²) in [5.41, 5.74) is -3.47. The first-order chi connectivity index (χ1) is 14.2. The Labute approximate surface area is 182 Å². The lowest BCUT2D eigenvalue weighted by Gasteiger charge is -2.14. The SMILES string of the molecule is N#CC(=CNCc1cc(C(F)(F)F)cc(C(F)(F)F)c1)S(=O)(=O)c1ccc(Cl)c(Cl)c1. The summed E-state index contributed by atoms with van der Waals surface area (Å²) in [7, 11) is -4.37. The van der Waals surface area contributed by atoms with Crippen LogP contribution in [0.2, 0.25) is 10.0 Å². The quantitative estimate of drug-likeness (QED) is 0.404. The van der Waals surface area contributed by atoms with Gasteiger partial charge >= 0.3 is 12.4 Å². The molecule has 0 aliphatic rings. The number of halogens is 8. The Morgan fingerprint density at radius 2 is 1.52 bits per heavy atom. The minimum atomic E-state index is -5.03. The molecule has 0 aliphatic carbocycles. The van der Waals surface area contributed by atoms with E-state index in [-0.39, 0.29) is 21.0 Å². The lowest BCUT2D eigenvalue weighted by Crippen LogP contribution is -2.15. The standard InChI is InChI=1S/C18H10Cl2F6N2O2S/c19-15-2-1-13(6-16(15)20)31(29,30)14(7-27)9-28-8-10-3-11(17(21,22)23)5-12(4-10)18(24,25)26/h1-6,9,28H,8H2. The molecule has 2 aromatic carbocycles. The van der Waals surface area contributed by atoms with Crippen LogP contribution < -0.4 is 5.32 Å². The molecule has 0 heterocycles. The predicted molar refractivity (Wildman–Crippen MR) is 101 cm³/mol. The molecule has 0 saturated heterocycles. The summed E-state index contributed by atoms with van der Waals surface area (Å²) in [6.45, 7) is -0.616. The summed E-state index contributed by atoms with van der Waals surface area (Å²) in [5.74, 6) is 0. The van der Waals surface area contributed by atoms with E-state index in [0.29, 0.717) is 18.3 Å². The first kappa shape index (κ1) is 24.8. The summed E-state index contributed by atoms with van der Waals surface area (Å²) in [6.07, 6.45) is -9.38. The second-order valence-electron chi connectivity index (χ2n) is 5.99. The van der Waals surface area contributed by atoms with E-state index in [1.807, 2.05) is 0 Å². The molecule has 2 rings (SSSR count). The van der Waals surface area contributed by atoms with Crippen LogP contribution in [-0.4, -0.2) is 8.42 Å². The topological polar surface area (TPSA) is 70.0 Å². The molecule has 4 nitrogen and oxygen atoms in total. The second-order valence-corrected chi connectivity index (χ2v) is 8.73. The molecule has 0 amide bonds. The van der Waals surface area contributed by atoms with Gasteiger partial charge in [0.1, 0.15) is 6.07 Å². The van der Waals surface area contributed by atoms with Gasteiger partial charge in [-0.3, -0.25) is 0 Å². The predicted octanol–water partition coefficient (Wildman–Crippen LogP) is 5.96. The summed E-state index contributed by atoms with van der Waals surface area (Å²) < 4.78 is 102. The lowest BCUT2D eigenvalue weighted by atomic mass is 10.0. The van der Waals surface area contributed by atoms with Crippen LogP contribution in [0.1, 0.15) is 16.7 Å². The van der Waals surface area contributed by atoms with Gasteiger partial charge in [-0.05, 0) is 42.0 Å². The highest BCUT2D eigenvalue weighted by Gasteiger charge is 2.36. The molecule has 0 fully saturated rings. The number of rotatable bonds is 5. The van der Waals surface area contributed by atoms with Crippen molar-refractivity contribution in [3.05, 3.63) is 74.2 Å². The van der Waals surface area contributed by atoms with E-state index < -0.39 is 50.3 Å². The van der Waals surface area contributed by atoms with E-state index in [4.69, 9.17) is 28.5 Å². The van der Waals surface area contributed by atoms with Crippen LogP contribution in [0.3, 0.4) is 0 Å². The highest BCUT2D eigenvalue weighted by molar-refractivity contribution is 7.95. The molecule has 0 unspecified atom stereocenters. The fraction of sp³-hybridized carbons (Fsp3) is 0.167. The Hall–Kier alpha value is -2.42. The third-order valence-electron chi connectivity index (χ3n) is 3.79. The van der Waals surface area contributed by atoms with Gasteiger partial charge in [0, 0.05) is 12.7 Å². The first-order valence-electron chi connectivity index (χ1n) is 7.98. The largest absolute Gasteiger partial charge is 0.416 e. The van der Waals surface area contributed by atoms with E-state index in [0.717, 1.165) is 12.1 Å². The average molecular weight is 503 g/mol. The van der Waals surface area contributed by atoms with Gasteiger partial charge in [0.25, 0.3) is 0 Å². The van der Waals surface area contributed by atoms with Gasteiger partial charge in [-0.2, -0.15) is 31.6 Å². The van der Waals surface area contributed by atoms with Crippen molar-refractivity contribution in [2.75, 3.05) is 0 Å². The smallest absolute Gasteiger partial charge is 0.385 e. The third-order valence-corrected chi connectivity index (χ3v) is 6.19. The van der Waals surface area contributed by atoms with E-state index in [9.17, 15) is 34.8 Å². The molecule has 0 aliphatic heterocycles. The molecular formula is C18H10Cl2F6N2O2S. The molecule has 0 saturated carbocycles. The maximum Gasteiger partial charge on any atom is 0.416 e. The molecule has 166 valence electrons. The maximum atomic E-state index is 12.9. The van der Waals surface area contributed by atoms with Crippen LogP contribution >= 0.6 is 23.2 Å². The van der Waals surface area contributed by atoms with E-state index in [1.165, 1.54) is 12.1 Å². The van der Waals surface area contributed by atoms with Crippen LogP contribution in [0, 0.1) is 11.3 Å². The fourth-order valence-electron chi connectivity index (χ4n) is 2.32. The highest BCUT2D eigenvalue weighted by Crippen LogP contribution is 2.36. The molecule has 13 heteroatoms. The van der Waals surface area contributed by atoms with Crippen LogP contribution in [0.15, 0.2) is 52.4 Å². The van der Waals surface area contributed by atoms with Crippen LogP contribution in [0.5, 0.6) is 0 Å². The Morgan fingerprint density at radius 3 is 1.97 bits per heavy atom. The van der Waals surface area contributed by atoms with Crippen molar-refractivity contribution in [2.45, 2.75) is 23.8 Å². The van der Waals surface area contributed by atoms with Gasteiger partial charge in [-0.15, -0.1) is 0 Å². The summed E-state index contributed by atoms with van der Waals surface area (Å²) >= 11 is 11.5. The zero-order chi connectivity index (χ0) is 23.6. The monoisotopic (exact) mass is 502 g/mol. The van der Waals surface area contributed by atoms with E-state index in [2.05, 4.69) is 5.32 Å². The third kappa shape index (κ3) is 6.06. The molecule has 0 radical (unpaired) electrons. The zero-order valence-electron chi connectivity index (χ0n) is 14.9. The Bertz CT molecular complexity index is 1140. The summed E-state index contributed by atoms with van der Waals surface area (Å²) in [5, 5.41) is 11.4. The van der Waals surface area contributed by atoms with Gasteiger partial charge in [0.2, 0.25) is 9.84 Å². The Balaban J connectivity index is 2.34. The van der Waals surface area contributed by atoms with E-state index >= 15 is 0 Å². The number of alkyl halides is 6. The fourth-order valence-corrected chi connectivity index (χ4v) is 3.82. The first-order valence-corrected chi connectivity index (χ1v) is 10.2. The lowest BCUT2D eigenvalue weighted by molar-refractivity contribution is -0.143. The molecule has 2 aromatic rings. The number of benzene rings is 2. The normalized spacial score (nSPS) is 13.1. The second kappa shape index (κ2) is 8.98. The number of allylic oxidation sites excluding steroid dienone is 1. The van der Waals surface area contributed by atoms with Gasteiger partial charge in [-0.1, -0.05) is 23.2 Å².